The van der Waals surface area contributed by atoms with E-state index in [9.17, 15) is 13.2 Å². The summed E-state index contributed by atoms with van der Waals surface area (Å²) >= 11 is 0. The first-order valence-electron chi connectivity index (χ1n) is 5.71. The number of isocyanates is 1. The Morgan fingerprint density at radius 3 is 2.33 bits per heavy atom. The molecule has 1 aliphatic carbocycles. The maximum absolute atomic E-state index is 11.6. The Hall–Kier alpha value is -1.45. The van der Waals surface area contributed by atoms with E-state index in [4.69, 9.17) is 0 Å². The van der Waals surface area contributed by atoms with Crippen LogP contribution in [-0.2, 0) is 20.2 Å². The summed E-state index contributed by atoms with van der Waals surface area (Å²) in [4.78, 5) is 14.6. The highest BCUT2D eigenvalue weighted by atomic mass is 32.2. The summed E-state index contributed by atoms with van der Waals surface area (Å²) < 4.78 is 23.3. The van der Waals surface area contributed by atoms with Crippen molar-refractivity contribution < 1.29 is 13.2 Å². The number of hydrogen-bond acceptors (Lipinski definition) is 4. The summed E-state index contributed by atoms with van der Waals surface area (Å²) in [6.07, 6.45) is 4.33. The summed E-state index contributed by atoms with van der Waals surface area (Å²) in [7, 11) is -3.25. The molecule has 0 atom stereocenters. The Labute approximate surface area is 107 Å². The predicted octanol–water partition coefficient (Wildman–Crippen LogP) is 2.03. The van der Waals surface area contributed by atoms with Crippen molar-refractivity contribution in [3.05, 3.63) is 28.8 Å². The molecule has 0 unspecified atom stereocenters. The van der Waals surface area contributed by atoms with Crippen LogP contribution in [0, 0.1) is 13.8 Å². The highest BCUT2D eigenvalue weighted by molar-refractivity contribution is 7.90. The summed E-state index contributed by atoms with van der Waals surface area (Å²) in [5.41, 5.74) is 2.21. The number of aliphatic imine (C=N–C) groups is 1. The molecule has 1 aromatic carbocycles. The van der Waals surface area contributed by atoms with Crippen LogP contribution >= 0.6 is 0 Å². The van der Waals surface area contributed by atoms with Gasteiger partial charge in [-0.05, 0) is 55.5 Å². The van der Waals surface area contributed by atoms with Crippen LogP contribution < -0.4 is 0 Å². The van der Waals surface area contributed by atoms with Gasteiger partial charge < -0.3 is 0 Å². The molecule has 0 aromatic heterocycles. The first-order valence-corrected chi connectivity index (χ1v) is 7.60. The van der Waals surface area contributed by atoms with Gasteiger partial charge in [0, 0.05) is 6.26 Å². The normalized spacial score (nSPS) is 17.1. The van der Waals surface area contributed by atoms with Crippen LogP contribution in [0.5, 0.6) is 0 Å². The first-order chi connectivity index (χ1) is 8.30. The van der Waals surface area contributed by atoms with Crippen molar-refractivity contribution in [1.29, 1.82) is 0 Å². The van der Waals surface area contributed by atoms with Crippen molar-refractivity contribution in [2.75, 3.05) is 6.26 Å². The third kappa shape index (κ3) is 2.11. The van der Waals surface area contributed by atoms with Crippen molar-refractivity contribution in [1.82, 2.24) is 0 Å². The van der Waals surface area contributed by atoms with Gasteiger partial charge in [-0.1, -0.05) is 0 Å². The van der Waals surface area contributed by atoms with Crippen LogP contribution in [0.3, 0.4) is 0 Å². The molecule has 18 heavy (non-hydrogen) atoms. The molecule has 0 N–H and O–H groups in total. The lowest BCUT2D eigenvalue weighted by Gasteiger charge is -2.15. The minimum Gasteiger partial charge on any atom is -0.224 e. The van der Waals surface area contributed by atoms with Crippen LogP contribution in [0.2, 0.25) is 0 Å². The molecule has 0 saturated heterocycles. The van der Waals surface area contributed by atoms with Gasteiger partial charge >= 0.3 is 0 Å². The zero-order valence-corrected chi connectivity index (χ0v) is 11.5. The van der Waals surface area contributed by atoms with E-state index in [1.807, 2.05) is 13.8 Å². The van der Waals surface area contributed by atoms with Gasteiger partial charge in [0.15, 0.2) is 9.84 Å². The molecule has 1 fully saturated rings. The minimum absolute atomic E-state index is 0.285. The zero-order valence-electron chi connectivity index (χ0n) is 10.6. The number of sulfone groups is 1. The largest absolute Gasteiger partial charge is 0.235 e. The van der Waals surface area contributed by atoms with Crippen molar-refractivity contribution in [2.24, 2.45) is 4.99 Å². The second kappa shape index (κ2) is 4.04. The molecule has 5 heteroatoms. The van der Waals surface area contributed by atoms with E-state index in [-0.39, 0.29) is 4.90 Å². The van der Waals surface area contributed by atoms with Gasteiger partial charge in [-0.25, -0.2) is 13.2 Å². The summed E-state index contributed by atoms with van der Waals surface area (Å²) in [6, 6.07) is 3.31. The molecule has 0 aliphatic heterocycles. The standard InChI is InChI=1S/C13H15NO3S/c1-9-6-11(18(3,16)17)7-12(10(9)2)13(4-5-13)14-8-15/h6-7H,4-5H2,1-3H3. The van der Waals surface area contributed by atoms with Gasteiger partial charge in [0.1, 0.15) is 0 Å². The van der Waals surface area contributed by atoms with Gasteiger partial charge in [-0.3, -0.25) is 0 Å². The van der Waals surface area contributed by atoms with Crippen LogP contribution in [0.15, 0.2) is 22.0 Å². The second-order valence-corrected chi connectivity index (χ2v) is 6.94. The number of carbonyl (C=O) groups excluding carboxylic acids is 1. The van der Waals surface area contributed by atoms with Gasteiger partial charge in [0.25, 0.3) is 0 Å². The number of benzene rings is 1. The molecule has 0 heterocycles. The Morgan fingerprint density at radius 1 is 1.28 bits per heavy atom. The highest BCUT2D eigenvalue weighted by Gasteiger charge is 2.46. The van der Waals surface area contributed by atoms with Gasteiger partial charge in [-0.2, -0.15) is 4.99 Å². The Balaban J connectivity index is 2.68. The fourth-order valence-corrected chi connectivity index (χ4v) is 2.89. The Kier molecular flexibility index (Phi) is 2.92. The lowest BCUT2D eigenvalue weighted by Crippen LogP contribution is -2.09. The molecular weight excluding hydrogens is 250 g/mol. The fraction of sp³-hybridized carbons (Fsp3) is 0.462. The molecule has 0 radical (unpaired) electrons. The lowest BCUT2D eigenvalue weighted by molar-refractivity contribution is 0.556. The van der Waals surface area contributed by atoms with E-state index in [0.29, 0.717) is 0 Å². The SMILES string of the molecule is Cc1cc(S(C)(=O)=O)cc(C2(N=C=O)CC2)c1C. The second-order valence-electron chi connectivity index (χ2n) is 4.92. The van der Waals surface area contributed by atoms with E-state index in [2.05, 4.69) is 4.99 Å². The fourth-order valence-electron chi connectivity index (χ4n) is 2.17. The predicted molar refractivity (Wildman–Crippen MR) is 68.1 cm³/mol. The van der Waals surface area contributed by atoms with E-state index < -0.39 is 15.4 Å². The van der Waals surface area contributed by atoms with Crippen LogP contribution in [0.4, 0.5) is 0 Å². The molecule has 0 bridgehead atoms. The van der Waals surface area contributed by atoms with Crippen LogP contribution in [0.25, 0.3) is 0 Å². The Bertz CT molecular complexity index is 651. The summed E-state index contributed by atoms with van der Waals surface area (Å²) in [5, 5.41) is 0. The van der Waals surface area contributed by atoms with E-state index in [1.54, 1.807) is 18.2 Å². The molecule has 2 rings (SSSR count). The molecule has 1 aliphatic rings. The smallest absolute Gasteiger partial charge is 0.224 e. The summed E-state index contributed by atoms with van der Waals surface area (Å²) in [6.45, 7) is 3.80. The number of aryl methyl sites for hydroxylation is 1. The van der Waals surface area contributed by atoms with Crippen molar-refractivity contribution in [2.45, 2.75) is 37.1 Å². The van der Waals surface area contributed by atoms with Crippen LogP contribution in [0.1, 0.15) is 29.5 Å². The van der Waals surface area contributed by atoms with Crippen molar-refractivity contribution in [3.8, 4) is 0 Å². The number of nitrogens with zero attached hydrogens (tertiary/aromatic N) is 1. The topological polar surface area (TPSA) is 63.6 Å². The van der Waals surface area contributed by atoms with E-state index in [0.717, 1.165) is 29.5 Å². The molecule has 0 amide bonds. The molecule has 1 aromatic rings. The first kappa shape index (κ1) is 13.0. The quantitative estimate of drug-likeness (QED) is 0.620. The van der Waals surface area contributed by atoms with E-state index in [1.165, 1.54) is 6.26 Å². The van der Waals surface area contributed by atoms with Gasteiger partial charge in [0.2, 0.25) is 6.08 Å². The molecule has 1 saturated carbocycles. The third-order valence-corrected chi connectivity index (χ3v) is 4.65. The maximum atomic E-state index is 11.6. The lowest BCUT2D eigenvalue weighted by atomic mass is 9.96. The van der Waals surface area contributed by atoms with Crippen molar-refractivity contribution >= 4 is 15.9 Å². The minimum atomic E-state index is -3.25. The highest BCUT2D eigenvalue weighted by Crippen LogP contribution is 2.51. The number of hydrogen-bond donors (Lipinski definition) is 0. The number of rotatable bonds is 3. The van der Waals surface area contributed by atoms with E-state index >= 15 is 0 Å². The Morgan fingerprint density at radius 2 is 1.89 bits per heavy atom. The third-order valence-electron chi connectivity index (χ3n) is 3.55. The average Bonchev–Trinajstić information content (AvgIpc) is 3.01. The molecular formula is C13H15NO3S. The monoisotopic (exact) mass is 265 g/mol. The zero-order chi connectivity index (χ0) is 13.6. The summed E-state index contributed by atoms with van der Waals surface area (Å²) in [5.74, 6) is 0. The molecule has 4 nitrogen and oxygen atoms in total. The van der Waals surface area contributed by atoms with Gasteiger partial charge in [0.05, 0.1) is 10.4 Å². The molecule has 96 valence electrons. The van der Waals surface area contributed by atoms with Gasteiger partial charge in [-0.15, -0.1) is 0 Å². The maximum Gasteiger partial charge on any atom is 0.235 e. The van der Waals surface area contributed by atoms with Crippen molar-refractivity contribution in [3.63, 3.8) is 0 Å². The van der Waals surface area contributed by atoms with Crippen LogP contribution in [-0.4, -0.2) is 20.8 Å². The average molecular weight is 265 g/mol. The molecule has 0 spiro atoms.